The number of cyclic esters (lactones) is 1. The van der Waals surface area contributed by atoms with Crippen molar-refractivity contribution in [3.63, 3.8) is 0 Å². The zero-order valence-corrected chi connectivity index (χ0v) is 33.9. The van der Waals surface area contributed by atoms with Crippen molar-refractivity contribution in [1.29, 1.82) is 0 Å². The molecule has 3 saturated heterocycles. The fourth-order valence-corrected chi connectivity index (χ4v) is 10.7. The molecule has 0 bridgehead atoms. The van der Waals surface area contributed by atoms with Gasteiger partial charge in [-0.3, -0.25) is 9.59 Å². The van der Waals surface area contributed by atoms with Crippen molar-refractivity contribution >= 4 is 11.8 Å². The molecule has 0 aromatic carbocycles. The molecule has 53 heavy (non-hydrogen) atoms. The number of methoxy groups -OCH3 is 1. The molecule has 3 aliphatic heterocycles. The zero-order valence-electron chi connectivity index (χ0n) is 33.9. The average Bonchev–Trinajstić information content (AvgIpc) is 3.71. The largest absolute Gasteiger partial charge is 0.462 e. The van der Waals surface area contributed by atoms with Crippen LogP contribution in [-0.2, 0) is 42.7 Å². The molecule has 1 saturated carbocycles. The molecule has 3 heterocycles. The monoisotopic (exact) mass is 743 g/mol. The summed E-state index contributed by atoms with van der Waals surface area (Å²) in [5.74, 6) is 0.776. The van der Waals surface area contributed by atoms with E-state index in [0.29, 0.717) is 24.4 Å². The summed E-state index contributed by atoms with van der Waals surface area (Å²) in [4.78, 5) is 28.3. The first-order chi connectivity index (χ1) is 25.5. The second kappa shape index (κ2) is 18.1. The number of hydrogen-bond acceptors (Lipinski definition) is 10. The first-order valence-corrected chi connectivity index (χ1v) is 21.0. The number of ketones is 1. The quantitative estimate of drug-likeness (QED) is 0.190. The number of esters is 1. The molecule has 300 valence electrons. The lowest BCUT2D eigenvalue weighted by molar-refractivity contribution is -0.302. The first kappa shape index (κ1) is 41.0. The van der Waals surface area contributed by atoms with E-state index >= 15 is 0 Å². The van der Waals surface area contributed by atoms with Gasteiger partial charge in [-0.1, -0.05) is 38.5 Å². The highest BCUT2D eigenvalue weighted by Gasteiger charge is 2.53. The first-order valence-electron chi connectivity index (χ1n) is 21.0. The van der Waals surface area contributed by atoms with Crippen LogP contribution in [0.5, 0.6) is 0 Å². The van der Waals surface area contributed by atoms with Crippen molar-refractivity contribution in [2.45, 2.75) is 162 Å². The number of rotatable bonds is 10. The Morgan fingerprint density at radius 2 is 1.68 bits per heavy atom. The van der Waals surface area contributed by atoms with E-state index in [-0.39, 0.29) is 96.8 Å². The van der Waals surface area contributed by atoms with Crippen LogP contribution in [0.3, 0.4) is 0 Å². The summed E-state index contributed by atoms with van der Waals surface area (Å²) in [7, 11) is 3.69. The highest BCUT2D eigenvalue weighted by molar-refractivity contribution is 5.99. The summed E-state index contributed by atoms with van der Waals surface area (Å²) in [6.45, 7) is 16.2. The standard InChI is InChI=1S/C43H69NO9/c1-10-29-13-12-14-37(53-39-16-15-28(22-44-8)27(7)49-39)25(5)40(46)36-20-34-32(35(36)21-38(45)51-29)17-23(3)31-18-30(19-33(31)34)52-43-42(47-9)41(48-11-2)24(4)26(6)50-43/h17,20,24-35,37,39,41-44H,10-16,18-19,21-22H2,1-9H3/t24?,25-,26?,27?,28?,29+,30-,31+,32-,33-,34-,35+,37+,39?,41?,42?,43?/m1/s1. The van der Waals surface area contributed by atoms with Gasteiger partial charge in [0.15, 0.2) is 18.4 Å². The van der Waals surface area contributed by atoms with Gasteiger partial charge in [0.05, 0.1) is 36.9 Å². The fraction of sp³-hybridized carbons (Fsp3) is 0.860. The summed E-state index contributed by atoms with van der Waals surface area (Å²) >= 11 is 0. The Labute approximate surface area is 318 Å². The minimum Gasteiger partial charge on any atom is -0.462 e. The van der Waals surface area contributed by atoms with Crippen molar-refractivity contribution in [2.24, 2.45) is 47.3 Å². The minimum absolute atomic E-state index is 0.0177. The summed E-state index contributed by atoms with van der Waals surface area (Å²) in [6, 6.07) is 0. The summed E-state index contributed by atoms with van der Waals surface area (Å²) in [6.07, 6.45) is 9.83. The van der Waals surface area contributed by atoms with Gasteiger partial charge in [0.25, 0.3) is 0 Å². The molecule has 1 N–H and O–H groups in total. The summed E-state index contributed by atoms with van der Waals surface area (Å²) < 4.78 is 44.6. The molecule has 3 aliphatic carbocycles. The van der Waals surface area contributed by atoms with Gasteiger partial charge in [-0.2, -0.15) is 0 Å². The normalized spacial score (nSPS) is 45.2. The number of carbonyl (C=O) groups excluding carboxylic acids is 2. The third-order valence-corrected chi connectivity index (χ3v) is 13.9. The van der Waals surface area contributed by atoms with Crippen LogP contribution in [0.2, 0.25) is 0 Å². The number of Topliss-reactive ketones (excluding diaryl/α,β-unsaturated/α-hetero) is 1. The van der Waals surface area contributed by atoms with Gasteiger partial charge in [-0.25, -0.2) is 0 Å². The topological polar surface area (TPSA) is 111 Å². The third-order valence-electron chi connectivity index (χ3n) is 13.9. The molecule has 0 amide bonds. The molecule has 17 atom stereocenters. The van der Waals surface area contributed by atoms with Crippen LogP contribution in [0.1, 0.15) is 106 Å². The van der Waals surface area contributed by atoms with Crippen LogP contribution in [0.4, 0.5) is 0 Å². The molecular formula is C43H69NO9. The van der Waals surface area contributed by atoms with Crippen LogP contribution in [0, 0.1) is 47.3 Å². The predicted molar refractivity (Wildman–Crippen MR) is 202 cm³/mol. The molecule has 8 unspecified atom stereocenters. The van der Waals surface area contributed by atoms with Crippen molar-refractivity contribution < 1.29 is 42.7 Å². The maximum atomic E-state index is 14.7. The SMILES string of the molecule is CCOC1C(C)C(C)OC(O[C@H]2C[C@H]3[C@@H]4C=C5C(=O)[C@H](C)[C@@H](OC6CCC(CNC)C(C)O6)CCC[C@H](CC)OC(=O)C[C@H]5[C@@H]4C=C(C)[C@@H]3C2)C1OC. The molecule has 6 aliphatic rings. The maximum absolute atomic E-state index is 14.7. The van der Waals surface area contributed by atoms with Crippen LogP contribution in [-0.4, -0.2) is 94.4 Å². The predicted octanol–water partition coefficient (Wildman–Crippen LogP) is 6.79. The van der Waals surface area contributed by atoms with E-state index in [4.69, 9.17) is 33.2 Å². The van der Waals surface area contributed by atoms with Gasteiger partial charge in [0, 0.05) is 38.0 Å². The Balaban J connectivity index is 1.22. The number of ether oxygens (including phenoxy) is 7. The van der Waals surface area contributed by atoms with Gasteiger partial charge in [-0.15, -0.1) is 0 Å². The second-order valence-corrected chi connectivity index (χ2v) is 17.1. The van der Waals surface area contributed by atoms with Crippen LogP contribution in [0.15, 0.2) is 23.3 Å². The van der Waals surface area contributed by atoms with Gasteiger partial charge in [0.1, 0.15) is 12.2 Å². The van der Waals surface area contributed by atoms with E-state index in [2.05, 4.69) is 52.1 Å². The molecular weight excluding hydrogens is 674 g/mol. The Kier molecular flexibility index (Phi) is 14.0. The van der Waals surface area contributed by atoms with Crippen molar-refractivity contribution in [3.8, 4) is 0 Å². The molecule has 10 heteroatoms. The molecule has 0 radical (unpaired) electrons. The molecule has 0 spiro atoms. The Morgan fingerprint density at radius 3 is 2.38 bits per heavy atom. The second-order valence-electron chi connectivity index (χ2n) is 17.1. The minimum atomic E-state index is -0.518. The number of carbonyl (C=O) groups is 2. The van der Waals surface area contributed by atoms with Gasteiger partial charge in [0.2, 0.25) is 0 Å². The van der Waals surface area contributed by atoms with E-state index < -0.39 is 6.29 Å². The Morgan fingerprint density at radius 1 is 0.887 bits per heavy atom. The number of fused-ring (bicyclic) bond motifs is 5. The third kappa shape index (κ3) is 8.84. The highest BCUT2D eigenvalue weighted by atomic mass is 16.7. The molecule has 0 aromatic heterocycles. The zero-order chi connectivity index (χ0) is 38.0. The van der Waals surface area contributed by atoms with E-state index in [1.807, 2.05) is 20.9 Å². The fourth-order valence-electron chi connectivity index (χ4n) is 10.7. The number of allylic oxidation sites excluding steroid dienone is 4. The van der Waals surface area contributed by atoms with Crippen LogP contribution >= 0.6 is 0 Å². The van der Waals surface area contributed by atoms with Gasteiger partial charge < -0.3 is 38.5 Å². The lowest BCUT2D eigenvalue weighted by Crippen LogP contribution is -2.56. The van der Waals surface area contributed by atoms with E-state index in [9.17, 15) is 9.59 Å². The molecule has 0 aromatic rings. The van der Waals surface area contributed by atoms with Crippen molar-refractivity contribution in [2.75, 3.05) is 27.3 Å². The van der Waals surface area contributed by atoms with Crippen LogP contribution < -0.4 is 5.32 Å². The smallest absolute Gasteiger partial charge is 0.306 e. The molecule has 4 fully saturated rings. The Hall–Kier alpha value is -1.66. The van der Waals surface area contributed by atoms with E-state index in [1.54, 1.807) is 7.11 Å². The Bertz CT molecular complexity index is 1320. The van der Waals surface area contributed by atoms with Gasteiger partial charge in [-0.05, 0) is 121 Å². The molecule has 6 rings (SSSR count). The van der Waals surface area contributed by atoms with E-state index in [0.717, 1.165) is 63.5 Å². The van der Waals surface area contributed by atoms with Crippen molar-refractivity contribution in [1.82, 2.24) is 5.32 Å². The number of nitrogens with one attached hydrogen (secondary N) is 1. The molecule has 10 nitrogen and oxygen atoms in total. The van der Waals surface area contributed by atoms with Gasteiger partial charge >= 0.3 is 5.97 Å². The lowest BCUT2D eigenvalue weighted by atomic mass is 9.67. The number of hydrogen-bond donors (Lipinski definition) is 1. The highest BCUT2D eigenvalue weighted by Crippen LogP contribution is 2.56. The van der Waals surface area contributed by atoms with Crippen LogP contribution in [0.25, 0.3) is 0 Å². The summed E-state index contributed by atoms with van der Waals surface area (Å²) in [5.41, 5.74) is 2.11. The van der Waals surface area contributed by atoms with E-state index in [1.165, 1.54) is 5.57 Å². The lowest BCUT2D eigenvalue weighted by Gasteiger charge is -2.44. The van der Waals surface area contributed by atoms with Crippen molar-refractivity contribution in [3.05, 3.63) is 23.3 Å². The summed E-state index contributed by atoms with van der Waals surface area (Å²) in [5, 5.41) is 3.29. The maximum Gasteiger partial charge on any atom is 0.306 e. The average molecular weight is 744 g/mol.